The van der Waals surface area contributed by atoms with Crippen LogP contribution in [0.1, 0.15) is 32.6 Å². The van der Waals surface area contributed by atoms with E-state index in [9.17, 15) is 40.2 Å². The summed E-state index contributed by atoms with van der Waals surface area (Å²) in [5.41, 5.74) is -4.04. The Labute approximate surface area is 207 Å². The molecule has 11 heteroatoms. The fraction of sp³-hybridized carbons (Fsp3) is 0.760. The first-order valence-electron chi connectivity index (χ1n) is 12.4. The predicted octanol–water partition coefficient (Wildman–Crippen LogP) is -1.15. The molecule has 13 unspecified atom stereocenters. The summed E-state index contributed by atoms with van der Waals surface area (Å²) in [5, 5.41) is 62.0. The molecule has 6 N–H and O–H groups in total. The molecule has 0 amide bonds. The Kier molecular flexibility index (Phi) is 5.01. The van der Waals surface area contributed by atoms with E-state index in [1.165, 1.54) is 0 Å². The smallest absolute Gasteiger partial charge is 0.316 e. The maximum absolute atomic E-state index is 13.5. The maximum Gasteiger partial charge on any atom is 0.316 e. The largest absolute Gasteiger partial charge is 0.481 e. The van der Waals surface area contributed by atoms with Crippen molar-refractivity contribution in [1.29, 1.82) is 0 Å². The minimum absolute atomic E-state index is 0.235. The molecular weight excluding hydrogens is 476 g/mol. The van der Waals surface area contributed by atoms with Crippen molar-refractivity contribution in [3.63, 3.8) is 0 Å². The molecule has 3 saturated carbocycles. The lowest BCUT2D eigenvalue weighted by Gasteiger charge is -2.45. The number of fused-ring (bicyclic) bond motifs is 1. The van der Waals surface area contributed by atoms with Gasteiger partial charge in [-0.2, -0.15) is 0 Å². The number of ether oxygens (including phenoxy) is 3. The maximum atomic E-state index is 13.5. The predicted molar refractivity (Wildman–Crippen MR) is 118 cm³/mol. The van der Waals surface area contributed by atoms with Crippen LogP contribution >= 0.6 is 0 Å². The van der Waals surface area contributed by atoms with E-state index in [2.05, 4.69) is 6.58 Å². The lowest BCUT2D eigenvalue weighted by Crippen LogP contribution is -2.61. The number of aliphatic hydroxyl groups excluding tert-OH is 4. The average molecular weight is 509 g/mol. The Morgan fingerprint density at radius 3 is 2.64 bits per heavy atom. The lowest BCUT2D eigenvalue weighted by molar-refractivity contribution is -0.315. The van der Waals surface area contributed by atoms with Crippen molar-refractivity contribution in [2.24, 2.45) is 28.6 Å². The molecule has 4 bridgehead atoms. The van der Waals surface area contributed by atoms with E-state index in [0.29, 0.717) is 24.8 Å². The molecule has 0 aromatic heterocycles. The highest BCUT2D eigenvalue weighted by Gasteiger charge is 2.83. The molecule has 11 nitrogen and oxygen atoms in total. The molecule has 5 fully saturated rings. The van der Waals surface area contributed by atoms with Crippen LogP contribution in [0.5, 0.6) is 0 Å². The summed E-state index contributed by atoms with van der Waals surface area (Å²) in [4.78, 5) is 26.4. The van der Waals surface area contributed by atoms with Gasteiger partial charge in [-0.3, -0.25) is 9.59 Å². The average Bonchev–Trinajstić information content (AvgIpc) is 3.24. The minimum Gasteiger partial charge on any atom is -0.481 e. The van der Waals surface area contributed by atoms with E-state index in [1.54, 1.807) is 19.1 Å². The summed E-state index contributed by atoms with van der Waals surface area (Å²) in [6, 6.07) is 0. The van der Waals surface area contributed by atoms with Gasteiger partial charge in [-0.05, 0) is 49.7 Å². The van der Waals surface area contributed by atoms with Gasteiger partial charge >= 0.3 is 11.9 Å². The third kappa shape index (κ3) is 2.67. The normalized spacial score (nSPS) is 56.9. The van der Waals surface area contributed by atoms with Gasteiger partial charge in [0.2, 0.25) is 0 Å². The quantitative estimate of drug-likeness (QED) is 0.199. The summed E-state index contributed by atoms with van der Waals surface area (Å²) >= 11 is 0. The first-order chi connectivity index (χ1) is 16.9. The third-order valence-electron chi connectivity index (χ3n) is 10.2. The summed E-state index contributed by atoms with van der Waals surface area (Å²) in [6.07, 6.45) is -3.97. The van der Waals surface area contributed by atoms with E-state index in [0.717, 1.165) is 0 Å². The van der Waals surface area contributed by atoms with Gasteiger partial charge in [0.1, 0.15) is 35.4 Å². The van der Waals surface area contributed by atoms with Crippen molar-refractivity contribution >= 4 is 11.9 Å². The van der Waals surface area contributed by atoms with Gasteiger partial charge in [0.25, 0.3) is 0 Å². The molecule has 13 atom stereocenters. The first kappa shape index (κ1) is 24.5. The number of hydrogen-bond donors (Lipinski definition) is 6. The number of carbonyl (C=O) groups excluding carboxylic acids is 1. The first-order valence-corrected chi connectivity index (χ1v) is 12.4. The van der Waals surface area contributed by atoms with Gasteiger partial charge in [-0.25, -0.2) is 0 Å². The molecule has 6 aliphatic rings. The fourth-order valence-electron chi connectivity index (χ4n) is 8.63. The molecular formula is C25H32O11. The lowest BCUT2D eigenvalue weighted by atomic mass is 9.61. The molecule has 198 valence electrons. The van der Waals surface area contributed by atoms with Crippen molar-refractivity contribution in [2.45, 2.75) is 80.6 Å². The van der Waals surface area contributed by atoms with Gasteiger partial charge in [-0.15, -0.1) is 0 Å². The number of esters is 1. The SMILES string of the molecule is C=C1CC23CC1(O)CCC2C12C=CC(OC4OC(CO)C(O)C(O)C4O)C(C)(C(=O)O1)C2C3C(=O)O. The van der Waals surface area contributed by atoms with Crippen molar-refractivity contribution in [3.8, 4) is 0 Å². The summed E-state index contributed by atoms with van der Waals surface area (Å²) in [7, 11) is 0. The van der Waals surface area contributed by atoms with Gasteiger partial charge in [0.15, 0.2) is 6.29 Å². The van der Waals surface area contributed by atoms with E-state index in [4.69, 9.17) is 14.2 Å². The molecule has 0 aromatic rings. The van der Waals surface area contributed by atoms with Gasteiger partial charge in [0, 0.05) is 11.8 Å². The fourth-order valence-corrected chi connectivity index (χ4v) is 8.63. The Morgan fingerprint density at radius 2 is 1.97 bits per heavy atom. The molecule has 1 spiro atoms. The highest BCUT2D eigenvalue weighted by molar-refractivity contribution is 5.86. The Hall–Kier alpha value is -1.86. The molecule has 6 rings (SSSR count). The number of carboxylic acids is 1. The minimum atomic E-state index is -1.68. The van der Waals surface area contributed by atoms with Crippen LogP contribution in [-0.4, -0.2) is 97.2 Å². The monoisotopic (exact) mass is 508 g/mol. The van der Waals surface area contributed by atoms with Crippen molar-refractivity contribution in [2.75, 3.05) is 6.61 Å². The molecule has 36 heavy (non-hydrogen) atoms. The van der Waals surface area contributed by atoms with E-state index < -0.39 is 89.2 Å². The van der Waals surface area contributed by atoms with E-state index in [-0.39, 0.29) is 12.3 Å². The zero-order valence-electron chi connectivity index (χ0n) is 19.8. The highest BCUT2D eigenvalue weighted by Crippen LogP contribution is 2.77. The summed E-state index contributed by atoms with van der Waals surface area (Å²) < 4.78 is 17.6. The highest BCUT2D eigenvalue weighted by atomic mass is 16.7. The van der Waals surface area contributed by atoms with E-state index >= 15 is 0 Å². The van der Waals surface area contributed by atoms with Gasteiger partial charge in [0.05, 0.1) is 24.2 Å². The summed E-state index contributed by atoms with van der Waals surface area (Å²) in [5.74, 6) is -3.90. The van der Waals surface area contributed by atoms with Crippen LogP contribution in [0, 0.1) is 28.6 Å². The Bertz CT molecular complexity index is 1060. The van der Waals surface area contributed by atoms with Gasteiger partial charge in [-0.1, -0.05) is 12.7 Å². The number of carbonyl (C=O) groups is 2. The van der Waals surface area contributed by atoms with Crippen LogP contribution in [0.3, 0.4) is 0 Å². The Morgan fingerprint density at radius 1 is 1.25 bits per heavy atom. The number of carboxylic acid groups (broad SMARTS) is 1. The molecule has 2 aliphatic heterocycles. The molecule has 2 heterocycles. The second-order valence-electron chi connectivity index (χ2n) is 11.7. The van der Waals surface area contributed by atoms with Crippen LogP contribution in [-0.2, 0) is 23.8 Å². The van der Waals surface area contributed by atoms with E-state index in [1.807, 2.05) is 0 Å². The van der Waals surface area contributed by atoms with Gasteiger partial charge < -0.3 is 44.8 Å². The van der Waals surface area contributed by atoms with Crippen LogP contribution < -0.4 is 0 Å². The third-order valence-corrected chi connectivity index (χ3v) is 10.2. The molecule has 0 radical (unpaired) electrons. The molecule has 0 aromatic carbocycles. The van der Waals surface area contributed by atoms with Crippen LogP contribution in [0.25, 0.3) is 0 Å². The number of aliphatic carboxylic acids is 1. The van der Waals surface area contributed by atoms with Crippen LogP contribution in [0.15, 0.2) is 24.3 Å². The number of rotatable bonds is 4. The molecule has 2 saturated heterocycles. The zero-order chi connectivity index (χ0) is 26.0. The summed E-state index contributed by atoms with van der Waals surface area (Å²) in [6.45, 7) is 4.99. The second-order valence-corrected chi connectivity index (χ2v) is 11.7. The standard InChI is InChI=1S/C25H32O11/c1-10-7-23-9-24(10,33)5-3-12(23)25-6-4-13(22(2,21(32)36-25)18(25)14(23)19(30)31)35-20-17(29)16(28)15(27)11(8-26)34-20/h4,6,11-18,20,26-29,33H,1,3,5,7-9H2,2H3,(H,30,31). The Balaban J connectivity index is 1.41. The van der Waals surface area contributed by atoms with Crippen molar-refractivity contribution < 1.29 is 54.4 Å². The number of hydrogen-bond acceptors (Lipinski definition) is 10. The second kappa shape index (κ2) is 7.37. The zero-order valence-corrected chi connectivity index (χ0v) is 19.8. The molecule has 4 aliphatic carbocycles. The van der Waals surface area contributed by atoms with Crippen LogP contribution in [0.2, 0.25) is 0 Å². The van der Waals surface area contributed by atoms with Crippen molar-refractivity contribution in [1.82, 2.24) is 0 Å². The number of aliphatic hydroxyl groups is 5. The topological polar surface area (TPSA) is 183 Å². The van der Waals surface area contributed by atoms with Crippen LogP contribution in [0.4, 0.5) is 0 Å². The van der Waals surface area contributed by atoms with Crippen molar-refractivity contribution in [3.05, 3.63) is 24.3 Å².